The molecule has 2 atom stereocenters. The molecule has 344 valence electrons. The fourth-order valence-electron chi connectivity index (χ4n) is 5.25. The zero-order chi connectivity index (χ0) is 45.7. The molecule has 3 N–H and O–H groups in total. The first-order valence-corrected chi connectivity index (χ1v) is 21.8. The minimum Gasteiger partial charge on any atom is -0.508 e. The molecule has 0 bridgehead atoms. The number of benzene rings is 3. The van der Waals surface area contributed by atoms with Crippen LogP contribution < -0.4 is 10.1 Å². The number of esters is 2. The van der Waals surface area contributed by atoms with Gasteiger partial charge < -0.3 is 48.5 Å². The summed E-state index contributed by atoms with van der Waals surface area (Å²) in [5, 5.41) is 12.1. The van der Waals surface area contributed by atoms with Crippen molar-refractivity contribution in [3.8, 4) is 11.5 Å². The van der Waals surface area contributed by atoms with Gasteiger partial charge in [-0.25, -0.2) is 4.57 Å². The third-order valence-electron chi connectivity index (χ3n) is 8.38. The number of Topliss-reactive ketones (excluding diaryl/α,β-unsaturated/α-hetero) is 1. The van der Waals surface area contributed by atoms with Gasteiger partial charge in [-0.05, 0) is 65.4 Å². The number of aromatic hydroxyl groups is 1. The first-order valence-electron chi connectivity index (χ1n) is 20.3. The molecule has 2 unspecified atom stereocenters. The maximum absolute atomic E-state index is 12.1. The number of carbonyl (C=O) groups is 4. The molecule has 3 aromatic rings. The van der Waals surface area contributed by atoms with Gasteiger partial charge in [0.25, 0.3) is 0 Å². The van der Waals surface area contributed by atoms with E-state index in [1.165, 1.54) is 0 Å². The topological polar surface area (TPSA) is 221 Å². The van der Waals surface area contributed by atoms with E-state index in [4.69, 9.17) is 42.2 Å². The number of phenols is 1. The number of ketones is 1. The molecule has 0 fully saturated rings. The van der Waals surface area contributed by atoms with Gasteiger partial charge in [-0.2, -0.15) is 0 Å². The number of phenolic OH excluding ortho intramolecular Hbond substituents is 1. The molecule has 0 aliphatic carbocycles. The van der Waals surface area contributed by atoms with E-state index in [0.29, 0.717) is 39.6 Å². The summed E-state index contributed by atoms with van der Waals surface area (Å²) >= 11 is 0. The number of amides is 1. The smallest absolute Gasteiger partial charge is 0.472 e. The summed E-state index contributed by atoms with van der Waals surface area (Å²) in [7, 11) is -4.52. The van der Waals surface area contributed by atoms with E-state index in [1.807, 2.05) is 48.6 Å². The van der Waals surface area contributed by atoms with Crippen molar-refractivity contribution in [1.82, 2.24) is 5.32 Å². The van der Waals surface area contributed by atoms with Gasteiger partial charge in [0.1, 0.15) is 37.9 Å². The zero-order valence-corrected chi connectivity index (χ0v) is 36.8. The van der Waals surface area contributed by atoms with Crippen LogP contribution in [0.15, 0.2) is 66.7 Å². The maximum Gasteiger partial charge on any atom is 0.472 e. The van der Waals surface area contributed by atoms with Gasteiger partial charge in [0.05, 0.1) is 52.9 Å². The van der Waals surface area contributed by atoms with Gasteiger partial charge in [-0.15, -0.1) is 0 Å². The Bertz CT molecular complexity index is 1950. The van der Waals surface area contributed by atoms with Gasteiger partial charge in [0, 0.05) is 26.8 Å². The van der Waals surface area contributed by atoms with Crippen LogP contribution in [0.5, 0.6) is 11.5 Å². The molecule has 0 radical (unpaired) electrons. The normalized spacial score (nSPS) is 12.8. The predicted octanol–water partition coefficient (Wildman–Crippen LogP) is 5.58. The lowest BCUT2D eigenvalue weighted by Crippen LogP contribution is -2.31. The molecule has 3 aromatic carbocycles. The Morgan fingerprint density at radius 2 is 1.29 bits per heavy atom. The summed E-state index contributed by atoms with van der Waals surface area (Å²) in [5.41, 5.74) is 5.45. The van der Waals surface area contributed by atoms with Crippen molar-refractivity contribution in [2.45, 2.75) is 39.7 Å². The van der Waals surface area contributed by atoms with Crippen molar-refractivity contribution in [2.75, 3.05) is 85.8 Å². The second kappa shape index (κ2) is 30.0. The molecule has 0 aliphatic heterocycles. The molecular formula is C45H58NO16P. The summed E-state index contributed by atoms with van der Waals surface area (Å²) < 4.78 is 58.6. The summed E-state index contributed by atoms with van der Waals surface area (Å²) in [4.78, 5) is 55.9. The van der Waals surface area contributed by atoms with Crippen molar-refractivity contribution in [3.63, 3.8) is 0 Å². The van der Waals surface area contributed by atoms with Crippen LogP contribution in [0, 0.1) is 6.92 Å². The predicted molar refractivity (Wildman–Crippen MR) is 234 cm³/mol. The lowest BCUT2D eigenvalue weighted by atomic mass is 10.0. The highest BCUT2D eigenvalue weighted by Gasteiger charge is 2.25. The van der Waals surface area contributed by atoms with Crippen LogP contribution in [-0.2, 0) is 61.2 Å². The number of phosphoric acid groups is 1. The molecule has 0 saturated heterocycles. The SMILES string of the molecule is CC(=O)OCC(COP(=O)(O)OCCCC(=O)COCCOCC(=O)NCCOCCOCCOc1ccc(/C=C/c2ccc(/C=C/c3ccc(O)cc3)cc2C)cc1)OC(C)=O. The molecule has 0 aliphatic rings. The summed E-state index contributed by atoms with van der Waals surface area (Å²) in [6, 6.07) is 21.2. The van der Waals surface area contributed by atoms with E-state index in [9.17, 15) is 33.7 Å². The minimum atomic E-state index is -4.52. The first kappa shape index (κ1) is 52.1. The fraction of sp³-hybridized carbons (Fsp3) is 0.422. The number of hydrogen-bond acceptors (Lipinski definition) is 15. The van der Waals surface area contributed by atoms with E-state index >= 15 is 0 Å². The molecule has 0 spiro atoms. The average molecular weight is 900 g/mol. The molecule has 17 nitrogen and oxygen atoms in total. The van der Waals surface area contributed by atoms with Gasteiger partial charge in [-0.3, -0.25) is 28.2 Å². The van der Waals surface area contributed by atoms with Crippen molar-refractivity contribution >= 4 is 55.8 Å². The van der Waals surface area contributed by atoms with Gasteiger partial charge in [0.2, 0.25) is 5.91 Å². The lowest BCUT2D eigenvalue weighted by molar-refractivity contribution is -0.158. The molecule has 0 aromatic heterocycles. The van der Waals surface area contributed by atoms with Gasteiger partial charge >= 0.3 is 19.8 Å². The van der Waals surface area contributed by atoms with Crippen LogP contribution in [0.3, 0.4) is 0 Å². The van der Waals surface area contributed by atoms with E-state index in [-0.39, 0.29) is 69.9 Å². The Labute approximate surface area is 367 Å². The quantitative estimate of drug-likeness (QED) is 0.0301. The minimum absolute atomic E-state index is 0.00558. The average Bonchev–Trinajstić information content (AvgIpc) is 3.25. The number of carbonyl (C=O) groups excluding carboxylic acids is 4. The maximum atomic E-state index is 12.1. The molecule has 0 saturated carbocycles. The van der Waals surface area contributed by atoms with Crippen LogP contribution in [0.2, 0.25) is 0 Å². The van der Waals surface area contributed by atoms with Crippen molar-refractivity contribution in [1.29, 1.82) is 0 Å². The summed E-state index contributed by atoms with van der Waals surface area (Å²) in [5.74, 6) is -0.954. The Kier molecular flexibility index (Phi) is 24.8. The molecule has 63 heavy (non-hydrogen) atoms. The number of aryl methyl sites for hydroxylation is 1. The fourth-order valence-corrected chi connectivity index (χ4v) is 6.04. The summed E-state index contributed by atoms with van der Waals surface area (Å²) in [6.07, 6.45) is 7.22. The third-order valence-corrected chi connectivity index (χ3v) is 9.36. The van der Waals surface area contributed by atoms with E-state index in [1.54, 1.807) is 12.1 Å². The molecule has 3 rings (SSSR count). The van der Waals surface area contributed by atoms with Crippen LogP contribution >= 0.6 is 7.82 Å². The highest BCUT2D eigenvalue weighted by Crippen LogP contribution is 2.43. The Hall–Kier alpha value is -5.23. The Morgan fingerprint density at radius 1 is 0.683 bits per heavy atom. The van der Waals surface area contributed by atoms with Crippen molar-refractivity contribution in [2.24, 2.45) is 0 Å². The second-order valence-electron chi connectivity index (χ2n) is 13.7. The number of phosphoric ester groups is 1. The zero-order valence-electron chi connectivity index (χ0n) is 35.9. The van der Waals surface area contributed by atoms with Gasteiger partial charge in [0.15, 0.2) is 11.9 Å². The second-order valence-corrected chi connectivity index (χ2v) is 15.2. The number of hydrogen-bond donors (Lipinski definition) is 3. The largest absolute Gasteiger partial charge is 0.508 e. The lowest BCUT2D eigenvalue weighted by Gasteiger charge is -2.18. The van der Waals surface area contributed by atoms with Crippen LogP contribution in [0.1, 0.15) is 54.5 Å². The first-order chi connectivity index (χ1) is 30.3. The molecule has 1 amide bonds. The third kappa shape index (κ3) is 24.9. The van der Waals surface area contributed by atoms with Crippen molar-refractivity contribution in [3.05, 3.63) is 94.5 Å². The van der Waals surface area contributed by atoms with Crippen molar-refractivity contribution < 1.29 is 75.9 Å². The number of ether oxygens (including phenoxy) is 7. The summed E-state index contributed by atoms with van der Waals surface area (Å²) in [6.45, 7) is 5.00. The standard InChI is InChI=1S/C45H58NO16P/c1-34-29-39(7-6-37-10-16-41(49)17-11-37)9-15-40(34)14-8-38-12-18-43(19-13-38)58-28-27-55-24-23-54-22-20-46-45(51)33-57-26-25-56-30-42(50)5-4-21-60-63(52,53)61-32-44(62-36(3)48)31-59-35(2)47/h6-19,29,44,49H,4-5,20-28,30-33H2,1-3H3,(H,46,51)(H,52,53)/b7-6+,14-8+. The Morgan fingerprint density at radius 3 is 1.97 bits per heavy atom. The highest BCUT2D eigenvalue weighted by molar-refractivity contribution is 7.47. The van der Waals surface area contributed by atoms with E-state index < -0.39 is 32.5 Å². The van der Waals surface area contributed by atoms with Crippen LogP contribution in [-0.4, -0.2) is 126 Å². The Balaban J connectivity index is 1.12. The van der Waals surface area contributed by atoms with Crippen LogP contribution in [0.4, 0.5) is 0 Å². The molecular weight excluding hydrogens is 841 g/mol. The number of rotatable bonds is 32. The van der Waals surface area contributed by atoms with E-state index in [2.05, 4.69) is 42.6 Å². The number of nitrogens with one attached hydrogen (secondary N) is 1. The van der Waals surface area contributed by atoms with Crippen LogP contribution in [0.25, 0.3) is 24.3 Å². The highest BCUT2D eigenvalue weighted by atomic mass is 31.2. The van der Waals surface area contributed by atoms with Gasteiger partial charge in [-0.1, -0.05) is 66.8 Å². The molecule has 18 heteroatoms. The molecule has 0 heterocycles. The van der Waals surface area contributed by atoms with E-state index in [0.717, 1.165) is 47.4 Å². The monoisotopic (exact) mass is 899 g/mol.